The maximum absolute atomic E-state index is 6.20. The third kappa shape index (κ3) is 2.62. The van der Waals surface area contributed by atoms with Crippen molar-refractivity contribution < 1.29 is 0 Å². The van der Waals surface area contributed by atoms with Gasteiger partial charge in [0.2, 0.25) is 0 Å². The molecule has 0 aliphatic rings. The summed E-state index contributed by atoms with van der Waals surface area (Å²) in [6.07, 6.45) is 0. The molecule has 0 fully saturated rings. The second-order valence-electron chi connectivity index (χ2n) is 5.54. The minimum absolute atomic E-state index is 0.162. The van der Waals surface area contributed by atoms with Crippen molar-refractivity contribution in [1.29, 1.82) is 0 Å². The molecule has 6 heteroatoms. The quantitative estimate of drug-likeness (QED) is 0.855. The van der Waals surface area contributed by atoms with Crippen LogP contribution >= 0.6 is 27.5 Å². The molecular weight excluding hydrogens is 328 g/mol. The van der Waals surface area contributed by atoms with Crippen LogP contribution in [-0.4, -0.2) is 15.0 Å². The van der Waals surface area contributed by atoms with Gasteiger partial charge in [0.15, 0.2) is 5.82 Å². The number of benzene rings is 1. The lowest BCUT2D eigenvalue weighted by molar-refractivity contribution is 0.544. The maximum atomic E-state index is 6.20. The summed E-state index contributed by atoms with van der Waals surface area (Å²) in [6, 6.07) is 3.83. The SMILES string of the molecule is Cc1cc(Br)c(-n2nnc(N)c2C(C)(C)C)cc1Cl. The first-order valence-electron chi connectivity index (χ1n) is 5.89. The third-order valence-corrected chi connectivity index (χ3v) is 3.91. The van der Waals surface area contributed by atoms with E-state index in [1.54, 1.807) is 4.68 Å². The molecule has 0 saturated heterocycles. The van der Waals surface area contributed by atoms with E-state index >= 15 is 0 Å². The van der Waals surface area contributed by atoms with Crippen molar-refractivity contribution in [2.45, 2.75) is 33.1 Å². The lowest BCUT2D eigenvalue weighted by atomic mass is 9.91. The number of hydrogen-bond acceptors (Lipinski definition) is 3. The van der Waals surface area contributed by atoms with Gasteiger partial charge in [-0.3, -0.25) is 0 Å². The van der Waals surface area contributed by atoms with Crippen LogP contribution in [0.2, 0.25) is 5.02 Å². The first kappa shape index (κ1) is 14.3. The molecule has 0 unspecified atom stereocenters. The maximum Gasteiger partial charge on any atom is 0.170 e. The molecule has 0 bridgehead atoms. The number of nitrogens with zero attached hydrogens (tertiary/aromatic N) is 3. The van der Waals surface area contributed by atoms with Gasteiger partial charge in [0.25, 0.3) is 0 Å². The number of rotatable bonds is 1. The Morgan fingerprint density at radius 1 is 1.32 bits per heavy atom. The van der Waals surface area contributed by atoms with Crippen LogP contribution in [0.4, 0.5) is 5.82 Å². The second kappa shape index (κ2) is 4.80. The minimum Gasteiger partial charge on any atom is -0.381 e. The predicted octanol–water partition coefficient (Wildman–Crippen LogP) is 3.87. The van der Waals surface area contributed by atoms with Crippen molar-refractivity contribution in [3.63, 3.8) is 0 Å². The van der Waals surface area contributed by atoms with Crippen molar-refractivity contribution in [1.82, 2.24) is 15.0 Å². The number of aromatic nitrogens is 3. The molecule has 1 aromatic carbocycles. The van der Waals surface area contributed by atoms with Crippen molar-refractivity contribution in [2.24, 2.45) is 0 Å². The molecule has 19 heavy (non-hydrogen) atoms. The van der Waals surface area contributed by atoms with E-state index in [0.717, 1.165) is 21.4 Å². The predicted molar refractivity (Wildman–Crippen MR) is 81.9 cm³/mol. The Hall–Kier alpha value is -1.07. The standard InChI is InChI=1S/C13H16BrClN4/c1-7-5-8(14)10(6-9(7)15)19-11(13(2,3)4)12(16)17-18-19/h5-6H,16H2,1-4H3. The number of nitrogens with two attached hydrogens (primary N) is 1. The normalized spacial score (nSPS) is 11.9. The minimum atomic E-state index is -0.162. The zero-order valence-corrected chi connectivity index (χ0v) is 13.7. The van der Waals surface area contributed by atoms with Crippen LogP contribution in [0.1, 0.15) is 32.0 Å². The molecule has 1 aromatic heterocycles. The fourth-order valence-corrected chi connectivity index (χ4v) is 2.75. The summed E-state index contributed by atoms with van der Waals surface area (Å²) >= 11 is 9.74. The largest absolute Gasteiger partial charge is 0.381 e. The van der Waals surface area contributed by atoms with Crippen molar-refractivity contribution in [2.75, 3.05) is 5.73 Å². The topological polar surface area (TPSA) is 56.7 Å². The van der Waals surface area contributed by atoms with Crippen LogP contribution in [0.3, 0.4) is 0 Å². The molecule has 2 N–H and O–H groups in total. The van der Waals surface area contributed by atoms with E-state index in [2.05, 4.69) is 47.0 Å². The van der Waals surface area contributed by atoms with Gasteiger partial charge in [-0.15, -0.1) is 5.10 Å². The Morgan fingerprint density at radius 3 is 2.53 bits per heavy atom. The van der Waals surface area contributed by atoms with Gasteiger partial charge in [0.1, 0.15) is 0 Å². The monoisotopic (exact) mass is 342 g/mol. The fourth-order valence-electron chi connectivity index (χ4n) is 1.96. The van der Waals surface area contributed by atoms with Crippen molar-refractivity contribution in [3.8, 4) is 5.69 Å². The zero-order valence-electron chi connectivity index (χ0n) is 11.3. The van der Waals surface area contributed by atoms with E-state index in [-0.39, 0.29) is 5.41 Å². The van der Waals surface area contributed by atoms with E-state index in [1.165, 1.54) is 0 Å². The van der Waals surface area contributed by atoms with Crippen LogP contribution in [0, 0.1) is 6.92 Å². The molecule has 2 rings (SSSR count). The number of anilines is 1. The number of aryl methyl sites for hydroxylation is 1. The average Bonchev–Trinajstić information content (AvgIpc) is 2.65. The highest BCUT2D eigenvalue weighted by Gasteiger charge is 2.25. The van der Waals surface area contributed by atoms with E-state index in [9.17, 15) is 0 Å². The molecule has 1 heterocycles. The average molecular weight is 344 g/mol. The Balaban J connectivity index is 2.70. The number of nitrogen functional groups attached to an aromatic ring is 1. The summed E-state index contributed by atoms with van der Waals surface area (Å²) in [4.78, 5) is 0. The van der Waals surface area contributed by atoms with Gasteiger partial charge >= 0.3 is 0 Å². The summed E-state index contributed by atoms with van der Waals surface area (Å²) in [5, 5.41) is 8.80. The molecule has 0 spiro atoms. The summed E-state index contributed by atoms with van der Waals surface area (Å²) in [7, 11) is 0. The lowest BCUT2D eigenvalue weighted by Gasteiger charge is -2.21. The van der Waals surface area contributed by atoms with Crippen LogP contribution in [-0.2, 0) is 5.41 Å². The first-order valence-corrected chi connectivity index (χ1v) is 7.06. The summed E-state index contributed by atoms with van der Waals surface area (Å²) in [5.41, 5.74) is 8.49. The van der Waals surface area contributed by atoms with Crippen molar-refractivity contribution >= 4 is 33.3 Å². The Labute approximate surface area is 126 Å². The Bertz CT molecular complexity index is 628. The molecule has 102 valence electrons. The highest BCUT2D eigenvalue weighted by atomic mass is 79.9. The van der Waals surface area contributed by atoms with E-state index < -0.39 is 0 Å². The molecule has 2 aromatic rings. The molecule has 0 saturated carbocycles. The van der Waals surface area contributed by atoms with Crippen LogP contribution in [0.25, 0.3) is 5.69 Å². The Morgan fingerprint density at radius 2 is 1.95 bits per heavy atom. The molecule has 0 radical (unpaired) electrons. The van der Waals surface area contributed by atoms with Gasteiger partial charge in [-0.2, -0.15) is 0 Å². The third-order valence-electron chi connectivity index (χ3n) is 2.86. The lowest BCUT2D eigenvalue weighted by Crippen LogP contribution is -2.19. The second-order valence-corrected chi connectivity index (χ2v) is 6.80. The summed E-state index contributed by atoms with van der Waals surface area (Å²) in [5.74, 6) is 0.441. The van der Waals surface area contributed by atoms with E-state index in [1.807, 2.05) is 19.1 Å². The molecule has 4 nitrogen and oxygen atoms in total. The van der Waals surface area contributed by atoms with Gasteiger partial charge in [-0.1, -0.05) is 37.6 Å². The molecular formula is C13H16BrClN4. The van der Waals surface area contributed by atoms with Gasteiger partial charge in [-0.25, -0.2) is 4.68 Å². The summed E-state index contributed by atoms with van der Waals surface area (Å²) in [6.45, 7) is 8.17. The molecule has 0 atom stereocenters. The smallest absolute Gasteiger partial charge is 0.170 e. The highest BCUT2D eigenvalue weighted by molar-refractivity contribution is 9.10. The van der Waals surface area contributed by atoms with Crippen LogP contribution in [0.5, 0.6) is 0 Å². The molecule has 0 aliphatic heterocycles. The zero-order chi connectivity index (χ0) is 14.4. The fraction of sp³-hybridized carbons (Fsp3) is 0.385. The van der Waals surface area contributed by atoms with Gasteiger partial charge in [0, 0.05) is 14.9 Å². The van der Waals surface area contributed by atoms with Gasteiger partial charge in [-0.05, 0) is 40.5 Å². The van der Waals surface area contributed by atoms with E-state index in [0.29, 0.717) is 10.8 Å². The van der Waals surface area contributed by atoms with Crippen LogP contribution < -0.4 is 5.73 Å². The van der Waals surface area contributed by atoms with Crippen molar-refractivity contribution in [3.05, 3.63) is 32.9 Å². The summed E-state index contributed by atoms with van der Waals surface area (Å²) < 4.78 is 2.65. The van der Waals surface area contributed by atoms with E-state index in [4.69, 9.17) is 17.3 Å². The molecule has 0 aliphatic carbocycles. The number of halogens is 2. The highest BCUT2D eigenvalue weighted by Crippen LogP contribution is 2.33. The molecule has 0 amide bonds. The van der Waals surface area contributed by atoms with Gasteiger partial charge in [0.05, 0.1) is 11.4 Å². The van der Waals surface area contributed by atoms with Gasteiger partial charge < -0.3 is 5.73 Å². The first-order chi connectivity index (χ1) is 8.71. The van der Waals surface area contributed by atoms with Crippen LogP contribution in [0.15, 0.2) is 16.6 Å². The number of hydrogen-bond donors (Lipinski definition) is 1. The Kier molecular flexibility index (Phi) is 3.62.